The summed E-state index contributed by atoms with van der Waals surface area (Å²) in [5.41, 5.74) is 2.44. The van der Waals surface area contributed by atoms with Gasteiger partial charge in [0.05, 0.1) is 17.4 Å². The number of carboxylic acids is 1. The normalized spacial score (nSPS) is 26.4. The van der Waals surface area contributed by atoms with Crippen LogP contribution in [-0.2, 0) is 14.4 Å². The van der Waals surface area contributed by atoms with Gasteiger partial charge in [0.15, 0.2) is 6.04 Å². The van der Waals surface area contributed by atoms with Crippen molar-refractivity contribution >= 4 is 17.5 Å². The summed E-state index contributed by atoms with van der Waals surface area (Å²) >= 11 is 0. The van der Waals surface area contributed by atoms with Crippen LogP contribution in [0.2, 0.25) is 0 Å². The van der Waals surface area contributed by atoms with Crippen LogP contribution in [-0.4, -0.2) is 45.0 Å². The number of hydrogen-bond acceptors (Lipinski definition) is 6. The topological polar surface area (TPSA) is 124 Å². The number of Topliss-reactive ketones (excluding diaryl/α,β-unsaturated/α-hetero) is 1. The third kappa shape index (κ3) is 5.76. The first-order chi connectivity index (χ1) is 14.9. The van der Waals surface area contributed by atoms with E-state index in [1.807, 2.05) is 13.0 Å². The average Bonchev–Trinajstić information content (AvgIpc) is 2.71. The van der Waals surface area contributed by atoms with Gasteiger partial charge in [-0.2, -0.15) is 0 Å². The Morgan fingerprint density at radius 3 is 2.62 bits per heavy atom. The third-order valence-electron chi connectivity index (χ3n) is 7.03. The number of carboxylic acid groups (broad SMARTS) is 1. The molecule has 0 aliphatic heterocycles. The quantitative estimate of drug-likeness (QED) is 0.242. The van der Waals surface area contributed by atoms with Gasteiger partial charge in [-0.3, -0.25) is 9.59 Å². The van der Waals surface area contributed by atoms with Crippen molar-refractivity contribution in [2.24, 2.45) is 11.3 Å². The molecule has 2 aliphatic carbocycles. The molecule has 7 heteroatoms. The van der Waals surface area contributed by atoms with Gasteiger partial charge >= 0.3 is 5.97 Å². The monoisotopic (exact) mass is 445 g/mol. The second-order valence-corrected chi connectivity index (χ2v) is 9.40. The number of aliphatic hydroxyl groups is 2. The maximum Gasteiger partial charge on any atom is 0.328 e. The van der Waals surface area contributed by atoms with Gasteiger partial charge in [0.2, 0.25) is 11.6 Å². The number of aliphatic hydroxyl groups excluding tert-OH is 2. The van der Waals surface area contributed by atoms with Crippen LogP contribution in [0.4, 0.5) is 0 Å². The lowest BCUT2D eigenvalue weighted by Gasteiger charge is -2.40. The van der Waals surface area contributed by atoms with E-state index in [2.05, 4.69) is 32.2 Å². The van der Waals surface area contributed by atoms with Gasteiger partial charge in [-0.1, -0.05) is 37.1 Å². The molecule has 2 aliphatic rings. The maximum absolute atomic E-state index is 12.3. The summed E-state index contributed by atoms with van der Waals surface area (Å²) in [7, 11) is 0. The Kier molecular flexibility index (Phi) is 8.24. The first-order valence-corrected chi connectivity index (χ1v) is 11.1. The lowest BCUT2D eigenvalue weighted by molar-refractivity contribution is -0.141. The summed E-state index contributed by atoms with van der Waals surface area (Å²) in [6.07, 6.45) is 7.86. The fourth-order valence-electron chi connectivity index (χ4n) is 4.31. The van der Waals surface area contributed by atoms with E-state index >= 15 is 0 Å². The summed E-state index contributed by atoms with van der Waals surface area (Å²) in [5, 5.41) is 31.9. The second-order valence-electron chi connectivity index (χ2n) is 9.40. The number of hydrogen-bond donors (Lipinski definition) is 4. The van der Waals surface area contributed by atoms with Crippen LogP contribution in [0.15, 0.2) is 46.4 Å². The van der Waals surface area contributed by atoms with Gasteiger partial charge in [0, 0.05) is 6.08 Å². The highest BCUT2D eigenvalue weighted by Gasteiger charge is 2.34. The van der Waals surface area contributed by atoms with Crippen molar-refractivity contribution in [1.29, 1.82) is 0 Å². The van der Waals surface area contributed by atoms with E-state index in [0.717, 1.165) is 37.3 Å². The highest BCUT2D eigenvalue weighted by atomic mass is 16.4. The van der Waals surface area contributed by atoms with Crippen LogP contribution in [0.25, 0.3) is 0 Å². The van der Waals surface area contributed by atoms with E-state index in [0.29, 0.717) is 5.92 Å². The van der Waals surface area contributed by atoms with Gasteiger partial charge in [-0.25, -0.2) is 4.79 Å². The number of ketones is 2. The molecule has 0 saturated heterocycles. The van der Waals surface area contributed by atoms with Gasteiger partial charge in [-0.15, -0.1) is 0 Å². The fourth-order valence-corrected chi connectivity index (χ4v) is 4.31. The lowest BCUT2D eigenvalue weighted by atomic mass is 9.65. The fraction of sp³-hybridized carbons (Fsp3) is 0.560. The molecular weight excluding hydrogens is 410 g/mol. The molecule has 176 valence electrons. The Morgan fingerprint density at radius 2 is 2.03 bits per heavy atom. The number of nitrogens with one attached hydrogen (secondary N) is 1. The van der Waals surface area contributed by atoms with E-state index < -0.39 is 35.4 Å². The van der Waals surface area contributed by atoms with Crippen LogP contribution in [0, 0.1) is 11.3 Å². The predicted molar refractivity (Wildman–Crippen MR) is 122 cm³/mol. The lowest BCUT2D eigenvalue weighted by Crippen LogP contribution is -2.45. The number of allylic oxidation sites excluding steroid dienone is 6. The highest BCUT2D eigenvalue weighted by Crippen LogP contribution is 2.45. The van der Waals surface area contributed by atoms with Crippen LogP contribution < -0.4 is 5.32 Å². The van der Waals surface area contributed by atoms with Crippen molar-refractivity contribution < 1.29 is 29.7 Å². The van der Waals surface area contributed by atoms with Crippen LogP contribution >= 0.6 is 0 Å². The first-order valence-electron chi connectivity index (χ1n) is 11.1. The molecule has 0 bridgehead atoms. The Hall–Kier alpha value is -2.67. The molecule has 32 heavy (non-hydrogen) atoms. The second kappa shape index (κ2) is 10.3. The van der Waals surface area contributed by atoms with E-state index in [1.54, 1.807) is 0 Å². The minimum Gasteiger partial charge on any atom is -0.505 e. The average molecular weight is 446 g/mol. The molecule has 0 aromatic rings. The summed E-state index contributed by atoms with van der Waals surface area (Å²) in [6, 6.07) is -1.43. The van der Waals surface area contributed by atoms with E-state index in [4.69, 9.17) is 0 Å². The molecule has 7 nitrogen and oxygen atoms in total. The molecule has 4 atom stereocenters. The molecule has 0 radical (unpaired) electrons. The summed E-state index contributed by atoms with van der Waals surface area (Å²) in [5.74, 6) is -2.95. The zero-order valence-corrected chi connectivity index (χ0v) is 19.6. The largest absolute Gasteiger partial charge is 0.505 e. The predicted octanol–water partition coefficient (Wildman–Crippen LogP) is 3.76. The molecule has 0 aromatic heterocycles. The molecule has 0 heterocycles. The van der Waals surface area contributed by atoms with Gasteiger partial charge in [-0.05, 0) is 64.2 Å². The molecule has 0 unspecified atom stereocenters. The number of carbonyl (C=O) groups excluding carboxylic acids is 2. The van der Waals surface area contributed by atoms with Crippen LogP contribution in [0.3, 0.4) is 0 Å². The van der Waals surface area contributed by atoms with E-state index in [9.17, 15) is 29.7 Å². The molecule has 4 N–H and O–H groups in total. The summed E-state index contributed by atoms with van der Waals surface area (Å²) in [6.45, 7) is 9.99. The van der Waals surface area contributed by atoms with Gasteiger partial charge in [0.1, 0.15) is 5.76 Å². The zero-order valence-electron chi connectivity index (χ0n) is 19.6. The van der Waals surface area contributed by atoms with E-state index in [1.165, 1.54) is 12.5 Å². The van der Waals surface area contributed by atoms with Gasteiger partial charge < -0.3 is 20.6 Å². The molecule has 0 amide bonds. The van der Waals surface area contributed by atoms with Crippen molar-refractivity contribution in [1.82, 2.24) is 5.32 Å². The Bertz CT molecular complexity index is 907. The highest BCUT2D eigenvalue weighted by molar-refractivity contribution is 6.48. The van der Waals surface area contributed by atoms with Crippen molar-refractivity contribution in [2.75, 3.05) is 0 Å². The van der Waals surface area contributed by atoms with Gasteiger partial charge in [0.25, 0.3) is 0 Å². The van der Waals surface area contributed by atoms with E-state index in [-0.39, 0.29) is 23.1 Å². The van der Waals surface area contributed by atoms with Crippen LogP contribution in [0.5, 0.6) is 0 Å². The molecule has 0 aromatic carbocycles. The summed E-state index contributed by atoms with van der Waals surface area (Å²) < 4.78 is 0. The summed E-state index contributed by atoms with van der Waals surface area (Å²) in [4.78, 5) is 35.8. The maximum atomic E-state index is 12.3. The number of aliphatic carboxylic acids is 1. The molecular formula is C25H35NO6. The Balaban J connectivity index is 2.13. The molecule has 2 rings (SSSR count). The van der Waals surface area contributed by atoms with Crippen molar-refractivity contribution in [3.05, 3.63) is 46.4 Å². The Morgan fingerprint density at radius 1 is 1.38 bits per heavy atom. The first kappa shape index (κ1) is 25.6. The molecule has 0 spiro atoms. The van der Waals surface area contributed by atoms with Crippen molar-refractivity contribution in [3.8, 4) is 0 Å². The van der Waals surface area contributed by atoms with Crippen molar-refractivity contribution in [3.63, 3.8) is 0 Å². The third-order valence-corrected chi connectivity index (χ3v) is 7.03. The Labute approximate surface area is 189 Å². The molecule has 0 saturated carbocycles. The smallest absolute Gasteiger partial charge is 0.328 e. The zero-order chi connectivity index (χ0) is 24.2. The van der Waals surface area contributed by atoms with Crippen LogP contribution in [0.1, 0.15) is 66.7 Å². The van der Waals surface area contributed by atoms with Crippen molar-refractivity contribution in [2.45, 2.75) is 78.9 Å². The number of rotatable bonds is 9. The minimum absolute atomic E-state index is 0.0683. The SMILES string of the molecule is CC1=CCC[C@](C)(CC/C(C)=C/CC2=C(O)C(N[C@@H](C(=O)O)[C@@H](C)O)=CC(=O)C2=O)[C@@H]1C. The minimum atomic E-state index is -1.43. The standard InChI is InChI=1S/C25H35NO6/c1-14(10-12-25(5)11-6-7-15(2)16(25)3)8-9-18-22(29)19(13-20(28)23(18)30)26-21(17(4)27)24(31)32/h7-8,13,16-17,21,26-27,29H,6,9-12H2,1-5H3,(H,31,32)/b14-8+/t16-,17-,21-,25-/m1/s1. The number of carbonyl (C=O) groups is 3. The molecule has 0 fully saturated rings.